The van der Waals surface area contributed by atoms with Crippen molar-refractivity contribution in [3.8, 4) is 0 Å². The van der Waals surface area contributed by atoms with Crippen molar-refractivity contribution in [2.24, 2.45) is 0 Å². The molecule has 0 saturated heterocycles. The zero-order valence-corrected chi connectivity index (χ0v) is 12.1. The topological polar surface area (TPSA) is 74.4 Å². The van der Waals surface area contributed by atoms with Crippen LogP contribution in [-0.2, 0) is 0 Å². The highest BCUT2D eigenvalue weighted by atomic mass is 32.2. The molecule has 7 heteroatoms. The van der Waals surface area contributed by atoms with Crippen LogP contribution in [0.1, 0.15) is 26.7 Å². The third-order valence-electron chi connectivity index (χ3n) is 2.20. The summed E-state index contributed by atoms with van der Waals surface area (Å²) in [6.07, 6.45) is 2.15. The van der Waals surface area contributed by atoms with Crippen molar-refractivity contribution < 1.29 is 0 Å². The van der Waals surface area contributed by atoms with Crippen LogP contribution in [0.15, 0.2) is 15.0 Å². The molecule has 18 heavy (non-hydrogen) atoms. The molecule has 2 rings (SSSR count). The average Bonchev–Trinajstić information content (AvgIpc) is 2.73. The summed E-state index contributed by atoms with van der Waals surface area (Å²) in [6, 6.07) is 0. The van der Waals surface area contributed by atoms with E-state index in [4.69, 9.17) is 0 Å². The van der Waals surface area contributed by atoms with Crippen molar-refractivity contribution in [3.63, 3.8) is 0 Å². The minimum absolute atomic E-state index is 0.227. The summed E-state index contributed by atoms with van der Waals surface area (Å²) >= 11 is 3.28. The Hall–Kier alpha value is -0.950. The van der Waals surface area contributed by atoms with E-state index in [1.807, 2.05) is 0 Å². The number of rotatable bonds is 6. The van der Waals surface area contributed by atoms with Gasteiger partial charge in [-0.15, -0.1) is 11.8 Å². The monoisotopic (exact) mass is 284 g/mol. The Morgan fingerprint density at radius 3 is 2.50 bits per heavy atom. The fourth-order valence-corrected chi connectivity index (χ4v) is 3.03. The van der Waals surface area contributed by atoms with Gasteiger partial charge in [-0.2, -0.15) is 0 Å². The summed E-state index contributed by atoms with van der Waals surface area (Å²) in [5.41, 5.74) is 1.10. The molecule has 0 fully saturated rings. The van der Waals surface area contributed by atoms with E-state index in [1.165, 1.54) is 0 Å². The van der Waals surface area contributed by atoms with E-state index in [-0.39, 0.29) is 5.69 Å². The molecular formula is C11H16N4OS2. The van der Waals surface area contributed by atoms with Gasteiger partial charge >= 0.3 is 5.69 Å². The van der Waals surface area contributed by atoms with Crippen LogP contribution in [0.4, 0.5) is 0 Å². The van der Waals surface area contributed by atoms with Gasteiger partial charge < -0.3 is 4.98 Å². The van der Waals surface area contributed by atoms with Gasteiger partial charge in [-0.3, -0.25) is 4.98 Å². The number of thioether (sulfide) groups is 2. The molecule has 0 aromatic carbocycles. The fourth-order valence-electron chi connectivity index (χ4n) is 1.44. The lowest BCUT2D eigenvalue weighted by atomic mass is 10.6. The first-order chi connectivity index (χ1) is 8.74. The third-order valence-corrected chi connectivity index (χ3v) is 4.44. The van der Waals surface area contributed by atoms with Crippen LogP contribution in [0.2, 0.25) is 0 Å². The van der Waals surface area contributed by atoms with Gasteiger partial charge in [-0.05, 0) is 18.6 Å². The van der Waals surface area contributed by atoms with E-state index in [1.54, 1.807) is 23.5 Å². The van der Waals surface area contributed by atoms with Gasteiger partial charge in [0, 0.05) is 5.75 Å². The third kappa shape index (κ3) is 3.08. The summed E-state index contributed by atoms with van der Waals surface area (Å²) < 4.78 is 0. The molecule has 0 spiro atoms. The van der Waals surface area contributed by atoms with E-state index in [2.05, 4.69) is 33.8 Å². The van der Waals surface area contributed by atoms with Gasteiger partial charge in [0.2, 0.25) is 0 Å². The molecule has 2 N–H and O–H groups in total. The quantitative estimate of drug-likeness (QED) is 0.484. The molecule has 0 saturated carbocycles. The first-order valence-electron chi connectivity index (χ1n) is 6.00. The van der Waals surface area contributed by atoms with Crippen LogP contribution in [-0.4, -0.2) is 31.4 Å². The number of fused-ring (bicyclic) bond motifs is 1. The lowest BCUT2D eigenvalue weighted by molar-refractivity contribution is 0.917. The van der Waals surface area contributed by atoms with Crippen molar-refractivity contribution in [1.82, 2.24) is 19.9 Å². The summed E-state index contributed by atoms with van der Waals surface area (Å²) in [5, 5.41) is 1.59. The number of hydrogen-bond acceptors (Lipinski definition) is 5. The number of hydrogen-bond donors (Lipinski definition) is 2. The van der Waals surface area contributed by atoms with E-state index >= 15 is 0 Å². The molecule has 0 radical (unpaired) electrons. The predicted octanol–water partition coefficient (Wildman–Crippen LogP) is 2.65. The van der Waals surface area contributed by atoms with Crippen molar-refractivity contribution in [2.75, 3.05) is 11.5 Å². The highest BCUT2D eigenvalue weighted by molar-refractivity contribution is 7.99. The molecular weight excluding hydrogens is 268 g/mol. The van der Waals surface area contributed by atoms with E-state index in [9.17, 15) is 4.79 Å². The minimum atomic E-state index is -0.227. The molecule has 5 nitrogen and oxygen atoms in total. The van der Waals surface area contributed by atoms with Crippen molar-refractivity contribution in [2.45, 2.75) is 36.9 Å². The molecule has 0 unspecified atom stereocenters. The molecule has 0 aliphatic carbocycles. The standard InChI is InChI=1S/C11H16N4OS2/c1-3-5-17-9-7-8(13-10(16)12-7)14-11(15-9)18-6-4-2/h3-6H2,1-2H3,(H2,12,13,14,15,16). The van der Waals surface area contributed by atoms with Gasteiger partial charge in [0.25, 0.3) is 0 Å². The second-order valence-electron chi connectivity index (χ2n) is 3.81. The van der Waals surface area contributed by atoms with Gasteiger partial charge in [0.15, 0.2) is 10.8 Å². The molecule has 0 aliphatic heterocycles. The van der Waals surface area contributed by atoms with Gasteiger partial charge in [0.05, 0.1) is 0 Å². The number of imidazole rings is 1. The molecule has 98 valence electrons. The van der Waals surface area contributed by atoms with Gasteiger partial charge in [0.1, 0.15) is 10.5 Å². The average molecular weight is 284 g/mol. The first-order valence-corrected chi connectivity index (χ1v) is 7.97. The Labute approximate surface area is 114 Å². The van der Waals surface area contributed by atoms with Gasteiger partial charge in [-0.1, -0.05) is 25.6 Å². The molecule has 0 amide bonds. The van der Waals surface area contributed by atoms with Crippen molar-refractivity contribution in [3.05, 3.63) is 10.5 Å². The Kier molecular flexibility index (Phi) is 4.71. The highest BCUT2D eigenvalue weighted by Gasteiger charge is 2.11. The van der Waals surface area contributed by atoms with E-state index < -0.39 is 0 Å². The summed E-state index contributed by atoms with van der Waals surface area (Å²) in [4.78, 5) is 25.7. The molecule has 0 aliphatic rings. The van der Waals surface area contributed by atoms with Crippen LogP contribution in [0.5, 0.6) is 0 Å². The number of aromatic nitrogens is 4. The maximum atomic E-state index is 11.3. The lowest BCUT2D eigenvalue weighted by Gasteiger charge is -2.03. The summed E-state index contributed by atoms with van der Waals surface area (Å²) in [6.45, 7) is 4.24. The zero-order valence-electron chi connectivity index (χ0n) is 10.4. The first kappa shape index (κ1) is 13.5. The van der Waals surface area contributed by atoms with Crippen LogP contribution in [0.3, 0.4) is 0 Å². The van der Waals surface area contributed by atoms with Crippen molar-refractivity contribution >= 4 is 34.7 Å². The second-order valence-corrected chi connectivity index (χ2v) is 5.96. The molecule has 2 heterocycles. The normalized spacial score (nSPS) is 11.2. The number of aromatic amines is 2. The van der Waals surface area contributed by atoms with E-state index in [0.29, 0.717) is 5.65 Å². The highest BCUT2D eigenvalue weighted by Crippen LogP contribution is 2.26. The Morgan fingerprint density at radius 1 is 1.06 bits per heavy atom. The van der Waals surface area contributed by atoms with Crippen LogP contribution in [0, 0.1) is 0 Å². The number of nitrogens with zero attached hydrogens (tertiary/aromatic N) is 2. The minimum Gasteiger partial charge on any atom is -0.302 e. The smallest absolute Gasteiger partial charge is 0.302 e. The number of nitrogens with one attached hydrogen (secondary N) is 2. The number of H-pyrrole nitrogens is 2. The summed E-state index contributed by atoms with van der Waals surface area (Å²) in [5.74, 6) is 1.97. The Bertz CT molecular complexity index is 578. The summed E-state index contributed by atoms with van der Waals surface area (Å²) in [7, 11) is 0. The fraction of sp³-hybridized carbons (Fsp3) is 0.545. The van der Waals surface area contributed by atoms with Crippen LogP contribution >= 0.6 is 23.5 Å². The SMILES string of the molecule is CCCSc1nc(SCCC)c2[nH]c(=O)[nH]c2n1. The largest absolute Gasteiger partial charge is 0.325 e. The van der Waals surface area contributed by atoms with Crippen LogP contribution < -0.4 is 5.69 Å². The predicted molar refractivity (Wildman–Crippen MR) is 76.5 cm³/mol. The molecule has 0 atom stereocenters. The second kappa shape index (κ2) is 6.29. The molecule has 0 bridgehead atoms. The maximum absolute atomic E-state index is 11.3. The Morgan fingerprint density at radius 2 is 1.78 bits per heavy atom. The maximum Gasteiger partial charge on any atom is 0.325 e. The lowest BCUT2D eigenvalue weighted by Crippen LogP contribution is -1.99. The van der Waals surface area contributed by atoms with E-state index in [0.717, 1.165) is 40.0 Å². The molecule has 2 aromatic heterocycles. The van der Waals surface area contributed by atoms with Crippen molar-refractivity contribution in [1.29, 1.82) is 0 Å². The molecule has 2 aromatic rings. The zero-order chi connectivity index (χ0) is 13.0. The van der Waals surface area contributed by atoms with Crippen LogP contribution in [0.25, 0.3) is 11.2 Å². The Balaban J connectivity index is 2.39. The van der Waals surface area contributed by atoms with Gasteiger partial charge in [-0.25, -0.2) is 14.8 Å².